The summed E-state index contributed by atoms with van der Waals surface area (Å²) < 4.78 is 6.42. The van der Waals surface area contributed by atoms with Crippen molar-refractivity contribution in [2.24, 2.45) is 29.4 Å². The molecule has 0 aromatic carbocycles. The van der Waals surface area contributed by atoms with Gasteiger partial charge in [0.25, 0.3) is 0 Å². The third-order valence-electron chi connectivity index (χ3n) is 11.8. The molecule has 3 fully saturated rings. The lowest BCUT2D eigenvalue weighted by Crippen LogP contribution is -2.62. The van der Waals surface area contributed by atoms with Gasteiger partial charge in [-0.1, -0.05) is 72.6 Å². The van der Waals surface area contributed by atoms with Crippen molar-refractivity contribution in [3.05, 3.63) is 0 Å². The molecule has 2 aliphatic heterocycles. The molecule has 56 heavy (non-hydrogen) atoms. The fourth-order valence-corrected chi connectivity index (χ4v) is 8.05. The molecule has 8 N–H and O–H groups in total. The molecule has 2 heterocycles. The SMILES string of the molecule is CCCCCC[C@H]1OC[C@@H](C)NC(=O)[C@H](CNC(=O)C2CCNCC2)NC(=O)[C@H](CN)NC(=O)[C@H](C2CCCCC2)NC(=O)[C@H](CCC(C)C)N(C)C(=O)[C@@H]1C. The smallest absolute Gasteiger partial charge is 0.244 e. The molecule has 3 aliphatic rings. The molecule has 0 aromatic heterocycles. The van der Waals surface area contributed by atoms with Gasteiger partial charge in [-0.15, -0.1) is 0 Å². The van der Waals surface area contributed by atoms with Gasteiger partial charge in [0.15, 0.2) is 0 Å². The van der Waals surface area contributed by atoms with Crippen molar-refractivity contribution >= 4 is 35.4 Å². The molecule has 15 nitrogen and oxygen atoms in total. The van der Waals surface area contributed by atoms with Crippen LogP contribution in [0, 0.1) is 23.7 Å². The number of hydrogen-bond acceptors (Lipinski definition) is 9. The van der Waals surface area contributed by atoms with Crippen LogP contribution in [0.3, 0.4) is 0 Å². The minimum absolute atomic E-state index is 0.0927. The molecule has 2 saturated heterocycles. The van der Waals surface area contributed by atoms with Crippen molar-refractivity contribution in [2.75, 3.05) is 39.8 Å². The van der Waals surface area contributed by atoms with E-state index in [9.17, 15) is 28.8 Å². The summed E-state index contributed by atoms with van der Waals surface area (Å²) >= 11 is 0. The Balaban J connectivity index is 1.99. The predicted molar refractivity (Wildman–Crippen MR) is 216 cm³/mol. The number of amides is 6. The van der Waals surface area contributed by atoms with Crippen LogP contribution in [-0.2, 0) is 33.5 Å². The summed E-state index contributed by atoms with van der Waals surface area (Å²) in [6, 6.07) is -4.72. The Kier molecular flexibility index (Phi) is 20.6. The number of likely N-dealkylation sites (N-methyl/N-ethyl adjacent to an activating group) is 1. The molecule has 0 bridgehead atoms. The maximum Gasteiger partial charge on any atom is 0.244 e. The number of nitrogens with one attached hydrogen (secondary N) is 6. The first-order valence-electron chi connectivity index (χ1n) is 21.5. The highest BCUT2D eigenvalue weighted by Gasteiger charge is 2.39. The molecule has 3 rings (SSSR count). The number of ether oxygens (including phenoxy) is 1. The van der Waals surface area contributed by atoms with Crippen LogP contribution < -0.4 is 37.6 Å². The molecule has 0 aromatic rings. The van der Waals surface area contributed by atoms with Gasteiger partial charge >= 0.3 is 0 Å². The summed E-state index contributed by atoms with van der Waals surface area (Å²) in [6.45, 7) is 11.0. The van der Waals surface area contributed by atoms with Gasteiger partial charge in [-0.05, 0) is 76.8 Å². The molecule has 15 heteroatoms. The van der Waals surface area contributed by atoms with Gasteiger partial charge in [-0.2, -0.15) is 0 Å². The van der Waals surface area contributed by atoms with E-state index in [4.69, 9.17) is 10.5 Å². The highest BCUT2D eigenvalue weighted by Crippen LogP contribution is 2.28. The van der Waals surface area contributed by atoms with Crippen LogP contribution >= 0.6 is 0 Å². The van der Waals surface area contributed by atoms with Crippen LogP contribution in [0.5, 0.6) is 0 Å². The van der Waals surface area contributed by atoms with Crippen molar-refractivity contribution in [3.63, 3.8) is 0 Å². The molecule has 0 radical (unpaired) electrons. The van der Waals surface area contributed by atoms with E-state index in [0.29, 0.717) is 44.9 Å². The summed E-state index contributed by atoms with van der Waals surface area (Å²) in [6.07, 6.45) is 10.8. The molecule has 320 valence electrons. The first-order chi connectivity index (χ1) is 26.8. The maximum atomic E-state index is 14.3. The maximum absolute atomic E-state index is 14.3. The minimum atomic E-state index is -1.22. The average molecular weight is 791 g/mol. The Labute approximate surface area is 335 Å². The average Bonchev–Trinajstić information content (AvgIpc) is 3.19. The van der Waals surface area contributed by atoms with Crippen LogP contribution in [0.25, 0.3) is 0 Å². The van der Waals surface area contributed by atoms with E-state index in [2.05, 4.69) is 52.7 Å². The fraction of sp³-hybridized carbons (Fsp3) is 0.854. The second kappa shape index (κ2) is 24.5. The van der Waals surface area contributed by atoms with Crippen LogP contribution in [-0.4, -0.2) is 116 Å². The molecule has 7 atom stereocenters. The van der Waals surface area contributed by atoms with E-state index in [-0.39, 0.29) is 49.3 Å². The Morgan fingerprint density at radius 2 is 1.50 bits per heavy atom. The quantitative estimate of drug-likeness (QED) is 0.136. The van der Waals surface area contributed by atoms with E-state index in [1.807, 2.05) is 6.92 Å². The predicted octanol–water partition coefficient (Wildman–Crippen LogP) is 1.87. The number of hydrogen-bond donors (Lipinski definition) is 7. The number of piperidine rings is 1. The van der Waals surface area contributed by atoms with Gasteiger partial charge in [0, 0.05) is 32.1 Å². The lowest BCUT2D eigenvalue weighted by molar-refractivity contribution is -0.147. The summed E-state index contributed by atoms with van der Waals surface area (Å²) in [5.41, 5.74) is 6.07. The van der Waals surface area contributed by atoms with E-state index in [1.54, 1.807) is 14.0 Å². The zero-order valence-corrected chi connectivity index (χ0v) is 35.1. The molecular formula is C41H74N8O7. The summed E-state index contributed by atoms with van der Waals surface area (Å²) in [7, 11) is 1.65. The van der Waals surface area contributed by atoms with E-state index in [1.165, 1.54) is 4.90 Å². The standard InChI is InChI=1S/C41H74N8O7/c1-7-8-9-13-16-34-28(5)41(55)49(6)33(18-17-26(2)3)39(53)48-35(29-14-11-10-12-15-29)40(54)46-31(23-42)37(51)47-32(38(52)45-27(4)25-56-34)24-44-36(50)30-19-21-43-22-20-30/h26-35,43H,7-25,42H2,1-6H3,(H,44,50)(H,45,52)(H,46,54)(H,47,51)(H,48,53)/t27-,28-,31+,32+,33+,34-,35+/m1/s1. The minimum Gasteiger partial charge on any atom is -0.375 e. The van der Waals surface area contributed by atoms with Gasteiger partial charge in [-0.3, -0.25) is 28.8 Å². The topological polar surface area (TPSA) is 213 Å². The van der Waals surface area contributed by atoms with Gasteiger partial charge in [0.1, 0.15) is 24.2 Å². The second-order valence-electron chi connectivity index (χ2n) is 16.9. The van der Waals surface area contributed by atoms with E-state index in [0.717, 1.165) is 58.0 Å². The Bertz CT molecular complexity index is 1270. The fourth-order valence-electron chi connectivity index (χ4n) is 8.05. The monoisotopic (exact) mass is 791 g/mol. The first kappa shape index (κ1) is 47.1. The van der Waals surface area contributed by atoms with Gasteiger partial charge in [-0.25, -0.2) is 0 Å². The van der Waals surface area contributed by atoms with Crippen molar-refractivity contribution in [3.8, 4) is 0 Å². The first-order valence-corrected chi connectivity index (χ1v) is 21.5. The highest BCUT2D eigenvalue weighted by atomic mass is 16.5. The number of rotatable bonds is 13. The van der Waals surface area contributed by atoms with Crippen LogP contribution in [0.15, 0.2) is 0 Å². The number of unbranched alkanes of at least 4 members (excludes halogenated alkanes) is 3. The number of nitrogens with two attached hydrogens (primary N) is 1. The summed E-state index contributed by atoms with van der Waals surface area (Å²) in [4.78, 5) is 85.0. The third kappa shape index (κ3) is 14.9. The van der Waals surface area contributed by atoms with Crippen LogP contribution in [0.2, 0.25) is 0 Å². The Morgan fingerprint density at radius 1 is 0.839 bits per heavy atom. The zero-order valence-electron chi connectivity index (χ0n) is 35.1. The van der Waals surface area contributed by atoms with E-state index < -0.39 is 65.9 Å². The molecule has 0 unspecified atom stereocenters. The summed E-state index contributed by atoms with van der Waals surface area (Å²) in [5.74, 6) is -3.33. The van der Waals surface area contributed by atoms with Crippen LogP contribution in [0.1, 0.15) is 125 Å². The normalized spacial score (nSPS) is 29.0. The number of carbonyl (C=O) groups excluding carboxylic acids is 6. The number of nitrogens with zero attached hydrogens (tertiary/aromatic N) is 1. The van der Waals surface area contributed by atoms with Gasteiger partial charge < -0.3 is 47.3 Å². The van der Waals surface area contributed by atoms with Crippen molar-refractivity contribution in [1.29, 1.82) is 0 Å². The second-order valence-corrected chi connectivity index (χ2v) is 16.9. The molecule has 1 saturated carbocycles. The Hall–Kier alpha value is -3.30. The van der Waals surface area contributed by atoms with Crippen LogP contribution in [0.4, 0.5) is 0 Å². The zero-order chi connectivity index (χ0) is 41.2. The van der Waals surface area contributed by atoms with Crippen molar-refractivity contribution in [1.82, 2.24) is 36.8 Å². The van der Waals surface area contributed by atoms with Gasteiger partial charge in [0.05, 0.1) is 18.6 Å². The largest absolute Gasteiger partial charge is 0.375 e. The number of carbonyl (C=O) groups is 6. The van der Waals surface area contributed by atoms with Gasteiger partial charge in [0.2, 0.25) is 35.4 Å². The van der Waals surface area contributed by atoms with Crippen molar-refractivity contribution < 1.29 is 33.5 Å². The lowest BCUT2D eigenvalue weighted by atomic mass is 9.83. The molecule has 0 spiro atoms. The molecular weight excluding hydrogens is 716 g/mol. The molecule has 1 aliphatic carbocycles. The molecule has 6 amide bonds. The van der Waals surface area contributed by atoms with E-state index >= 15 is 0 Å². The third-order valence-corrected chi connectivity index (χ3v) is 11.8. The summed E-state index contributed by atoms with van der Waals surface area (Å²) in [5, 5.41) is 17.5. The highest BCUT2D eigenvalue weighted by molar-refractivity contribution is 5.96. The lowest BCUT2D eigenvalue weighted by Gasteiger charge is -2.35. The van der Waals surface area contributed by atoms with Crippen molar-refractivity contribution in [2.45, 2.75) is 161 Å². The Morgan fingerprint density at radius 3 is 2.14 bits per heavy atom.